The fourth-order valence-electron chi connectivity index (χ4n) is 3.35. The van der Waals surface area contributed by atoms with Crippen LogP contribution in [-0.2, 0) is 4.79 Å². The van der Waals surface area contributed by atoms with E-state index in [2.05, 4.69) is 32.0 Å². The third-order valence-electron chi connectivity index (χ3n) is 4.76. The topological polar surface area (TPSA) is 58.8 Å². The zero-order valence-corrected chi connectivity index (χ0v) is 16.3. The Morgan fingerprint density at radius 2 is 2.08 bits per heavy atom. The predicted octanol–water partition coefficient (Wildman–Crippen LogP) is 2.72. The second kappa shape index (κ2) is 9.41. The summed E-state index contributed by atoms with van der Waals surface area (Å²) in [6.07, 6.45) is 2.92. The van der Waals surface area contributed by atoms with Gasteiger partial charge in [-0.25, -0.2) is 0 Å². The zero-order chi connectivity index (χ0) is 18.4. The average molecular weight is 368 g/mol. The number of carbonyl (C=O) groups is 1. The Morgan fingerprint density at radius 1 is 1.40 bits per heavy atom. The van der Waals surface area contributed by atoms with Crippen molar-refractivity contribution >= 4 is 17.5 Å². The maximum absolute atomic E-state index is 11.8. The number of hydrogen-bond acceptors (Lipinski definition) is 4. The Morgan fingerprint density at radius 3 is 2.64 bits per heavy atom. The van der Waals surface area contributed by atoms with Crippen LogP contribution in [0.1, 0.15) is 37.7 Å². The van der Waals surface area contributed by atoms with E-state index in [-0.39, 0.29) is 18.6 Å². The second-order valence-electron chi connectivity index (χ2n) is 6.95. The van der Waals surface area contributed by atoms with Gasteiger partial charge in [0.25, 0.3) is 0 Å². The first-order chi connectivity index (χ1) is 11.9. The molecule has 1 fully saturated rings. The van der Waals surface area contributed by atoms with E-state index >= 15 is 0 Å². The van der Waals surface area contributed by atoms with Gasteiger partial charge in [-0.1, -0.05) is 24.6 Å². The zero-order valence-electron chi connectivity index (χ0n) is 15.5. The molecular weight excluding hydrogens is 338 g/mol. The first kappa shape index (κ1) is 20.0. The molecule has 25 heavy (non-hydrogen) atoms. The Labute approximate surface area is 156 Å². The number of amides is 1. The largest absolute Gasteiger partial charge is 0.489 e. The van der Waals surface area contributed by atoms with Gasteiger partial charge in [0.2, 0.25) is 5.91 Å². The van der Waals surface area contributed by atoms with Crippen LogP contribution in [0.3, 0.4) is 0 Å². The average Bonchev–Trinajstić information content (AvgIpc) is 2.60. The number of carbonyl (C=O) groups excluding carboxylic acids is 1. The highest BCUT2D eigenvalue weighted by Crippen LogP contribution is 2.36. The van der Waals surface area contributed by atoms with E-state index in [0.717, 1.165) is 44.6 Å². The molecule has 1 aromatic carbocycles. The van der Waals surface area contributed by atoms with E-state index in [9.17, 15) is 4.79 Å². The number of nitrogens with zero attached hydrogens (tertiary/aromatic N) is 2. The number of likely N-dealkylation sites (N-methyl/N-ethyl adjacent to an activating group) is 1. The van der Waals surface area contributed by atoms with E-state index in [1.54, 1.807) is 0 Å². The first-order valence-electron chi connectivity index (χ1n) is 9.03. The smallest absolute Gasteiger partial charge is 0.236 e. The molecule has 0 radical (unpaired) electrons. The van der Waals surface area contributed by atoms with Crippen molar-refractivity contribution in [2.24, 2.45) is 5.73 Å². The van der Waals surface area contributed by atoms with Crippen LogP contribution in [0.4, 0.5) is 0 Å². The lowest BCUT2D eigenvalue weighted by Gasteiger charge is -2.33. The summed E-state index contributed by atoms with van der Waals surface area (Å²) in [5.41, 5.74) is 6.67. The second-order valence-corrected chi connectivity index (χ2v) is 7.39. The Hall–Kier alpha value is -1.30. The predicted molar refractivity (Wildman–Crippen MR) is 102 cm³/mol. The summed E-state index contributed by atoms with van der Waals surface area (Å²) in [6.45, 7) is 4.58. The van der Waals surface area contributed by atoms with Gasteiger partial charge in [-0.3, -0.25) is 4.79 Å². The van der Waals surface area contributed by atoms with Crippen LogP contribution in [0.2, 0.25) is 5.02 Å². The third-order valence-corrected chi connectivity index (χ3v) is 4.99. The molecule has 6 heteroatoms. The van der Waals surface area contributed by atoms with Gasteiger partial charge >= 0.3 is 0 Å². The number of likely N-dealkylation sites (tertiary alicyclic amines) is 1. The highest BCUT2D eigenvalue weighted by molar-refractivity contribution is 6.30. The summed E-state index contributed by atoms with van der Waals surface area (Å²) >= 11 is 6.21. The first-order valence-corrected chi connectivity index (χ1v) is 9.41. The molecule has 0 bridgehead atoms. The Balaban J connectivity index is 2.12. The minimum atomic E-state index is 0.0306. The van der Waals surface area contributed by atoms with Crippen molar-refractivity contribution in [3.05, 3.63) is 28.8 Å². The molecule has 2 rings (SSSR count). The van der Waals surface area contributed by atoms with Crippen molar-refractivity contribution < 1.29 is 9.53 Å². The summed E-state index contributed by atoms with van der Waals surface area (Å²) in [5.74, 6) is 1.29. The summed E-state index contributed by atoms with van der Waals surface area (Å²) in [5, 5.41) is 0.689. The van der Waals surface area contributed by atoms with Crippen molar-refractivity contribution in [2.75, 3.05) is 40.3 Å². The van der Waals surface area contributed by atoms with E-state index in [0.29, 0.717) is 10.9 Å². The van der Waals surface area contributed by atoms with Crippen LogP contribution in [0, 0.1) is 0 Å². The molecule has 1 unspecified atom stereocenters. The van der Waals surface area contributed by atoms with Gasteiger partial charge in [0.15, 0.2) is 0 Å². The number of benzene rings is 1. The fourth-order valence-corrected chi connectivity index (χ4v) is 3.52. The van der Waals surface area contributed by atoms with Crippen molar-refractivity contribution in [1.29, 1.82) is 0 Å². The molecule has 140 valence electrons. The van der Waals surface area contributed by atoms with Gasteiger partial charge in [0, 0.05) is 24.7 Å². The lowest BCUT2D eigenvalue weighted by Crippen LogP contribution is -2.41. The molecule has 1 aliphatic rings. The van der Waals surface area contributed by atoms with Crippen LogP contribution < -0.4 is 10.5 Å². The highest BCUT2D eigenvalue weighted by Gasteiger charge is 2.26. The van der Waals surface area contributed by atoms with E-state index in [1.165, 1.54) is 5.56 Å². The summed E-state index contributed by atoms with van der Waals surface area (Å²) in [7, 11) is 4.10. The lowest BCUT2D eigenvalue weighted by atomic mass is 9.88. The number of nitrogens with two attached hydrogens (primary N) is 1. The molecule has 0 spiro atoms. The molecular formula is C19H30ClN3O2. The number of hydrogen-bond donors (Lipinski definition) is 1. The minimum Gasteiger partial charge on any atom is -0.489 e. The maximum atomic E-state index is 11.8. The lowest BCUT2D eigenvalue weighted by molar-refractivity contribution is -0.130. The minimum absolute atomic E-state index is 0.0306. The molecule has 1 amide bonds. The number of halogens is 1. The quantitative estimate of drug-likeness (QED) is 0.805. The van der Waals surface area contributed by atoms with E-state index in [1.807, 2.05) is 17.0 Å². The normalized spacial score (nSPS) is 17.0. The van der Waals surface area contributed by atoms with E-state index < -0.39 is 0 Å². The van der Waals surface area contributed by atoms with Gasteiger partial charge in [-0.05, 0) is 57.0 Å². The van der Waals surface area contributed by atoms with Gasteiger partial charge in [-0.15, -0.1) is 0 Å². The van der Waals surface area contributed by atoms with Crippen molar-refractivity contribution in [3.8, 4) is 5.75 Å². The van der Waals surface area contributed by atoms with Crippen molar-refractivity contribution in [3.63, 3.8) is 0 Å². The molecule has 2 N–H and O–H groups in total. The summed E-state index contributed by atoms with van der Waals surface area (Å²) in [6, 6.07) is 5.92. The van der Waals surface area contributed by atoms with Crippen LogP contribution in [0.25, 0.3) is 0 Å². The third kappa shape index (κ3) is 5.59. The molecule has 0 saturated carbocycles. The molecule has 1 aromatic rings. The highest BCUT2D eigenvalue weighted by atomic mass is 35.5. The van der Waals surface area contributed by atoms with Gasteiger partial charge < -0.3 is 20.3 Å². The van der Waals surface area contributed by atoms with E-state index in [4.69, 9.17) is 22.1 Å². The van der Waals surface area contributed by atoms with Crippen LogP contribution in [-0.4, -0.2) is 62.1 Å². The van der Waals surface area contributed by atoms with Crippen LogP contribution in [0.5, 0.6) is 5.75 Å². The summed E-state index contributed by atoms with van der Waals surface area (Å²) < 4.78 is 6.31. The fraction of sp³-hybridized carbons (Fsp3) is 0.632. The molecule has 1 heterocycles. The van der Waals surface area contributed by atoms with Gasteiger partial charge in [-0.2, -0.15) is 0 Å². The van der Waals surface area contributed by atoms with Crippen LogP contribution in [0.15, 0.2) is 18.2 Å². The maximum Gasteiger partial charge on any atom is 0.236 e. The van der Waals surface area contributed by atoms with Crippen LogP contribution >= 0.6 is 11.6 Å². The Bertz CT molecular complexity index is 572. The molecule has 1 aliphatic heterocycles. The van der Waals surface area contributed by atoms with Gasteiger partial charge in [0.05, 0.1) is 6.54 Å². The van der Waals surface area contributed by atoms with Crippen molar-refractivity contribution in [2.45, 2.75) is 38.2 Å². The number of ether oxygens (including phenoxy) is 1. The molecule has 0 aromatic heterocycles. The van der Waals surface area contributed by atoms with Crippen molar-refractivity contribution in [1.82, 2.24) is 9.80 Å². The molecule has 5 nitrogen and oxygen atoms in total. The number of piperidine rings is 1. The molecule has 1 atom stereocenters. The molecule has 0 aliphatic carbocycles. The molecule has 1 saturated heterocycles. The SMILES string of the molecule is CCC(CN(C)C)Oc1cc(Cl)ccc1C1CCN(C(=O)CN)CC1. The summed E-state index contributed by atoms with van der Waals surface area (Å²) in [4.78, 5) is 15.8. The monoisotopic (exact) mass is 367 g/mol. The number of rotatable bonds is 7. The Kier molecular flexibility index (Phi) is 7.54. The standard InChI is InChI=1S/C19H30ClN3O2/c1-4-16(13-22(2)3)25-18-11-15(20)5-6-17(18)14-7-9-23(10-8-14)19(24)12-21/h5-6,11,14,16H,4,7-10,12-13,21H2,1-3H3. The van der Waals surface area contributed by atoms with Gasteiger partial charge in [0.1, 0.15) is 11.9 Å².